The molecule has 9 nitrogen and oxygen atoms in total. The van der Waals surface area contributed by atoms with Crippen LogP contribution in [0.3, 0.4) is 0 Å². The maximum Gasteiger partial charge on any atom is 0.186 e. The van der Waals surface area contributed by atoms with Crippen molar-refractivity contribution in [1.82, 2.24) is 0 Å². The summed E-state index contributed by atoms with van der Waals surface area (Å²) in [6.07, 6.45) is -4.45. The number of phenolic OH excluding ortho intramolecular Hbond substituents is 3. The predicted octanol–water partition coefficient (Wildman–Crippen LogP) is 1.15. The van der Waals surface area contributed by atoms with Crippen molar-refractivity contribution in [2.45, 2.75) is 62.8 Å². The lowest BCUT2D eigenvalue weighted by Gasteiger charge is -2.36. The number of ketones is 1. The molecule has 0 radical (unpaired) electrons. The van der Waals surface area contributed by atoms with Gasteiger partial charge in [0.2, 0.25) is 0 Å². The summed E-state index contributed by atoms with van der Waals surface area (Å²) in [4.78, 5) is 12.6. The molecule has 0 aromatic heterocycles. The third kappa shape index (κ3) is 7.15. The summed E-state index contributed by atoms with van der Waals surface area (Å²) in [6, 6.07) is 11.0. The highest BCUT2D eigenvalue weighted by Gasteiger charge is 2.39. The van der Waals surface area contributed by atoms with Crippen LogP contribution in [0.5, 0.6) is 17.2 Å². The molecule has 9 heteroatoms. The van der Waals surface area contributed by atoms with Gasteiger partial charge in [0, 0.05) is 12.8 Å². The first kappa shape index (κ1) is 24.9. The molecule has 1 fully saturated rings. The average Bonchev–Trinajstić information content (AvgIpc) is 2.79. The van der Waals surface area contributed by atoms with Crippen molar-refractivity contribution in [1.29, 1.82) is 0 Å². The van der Waals surface area contributed by atoms with Crippen LogP contribution in [0.25, 0.3) is 0 Å². The van der Waals surface area contributed by atoms with Gasteiger partial charge in [0.15, 0.2) is 17.8 Å². The molecular weight excluding hydrogens is 432 g/mol. The van der Waals surface area contributed by atoms with Crippen LogP contribution in [-0.2, 0) is 27.1 Å². The zero-order valence-corrected chi connectivity index (χ0v) is 18.1. The number of carbonyl (C=O) groups is 1. The molecule has 2 aromatic rings. The number of aliphatic hydroxyl groups is 3. The Kier molecular flexibility index (Phi) is 8.65. The second-order valence-electron chi connectivity index (χ2n) is 8.28. The second kappa shape index (κ2) is 11.4. The van der Waals surface area contributed by atoms with Crippen molar-refractivity contribution in [3.05, 3.63) is 53.6 Å². The molecule has 6 N–H and O–H groups in total. The molecule has 0 spiro atoms. The number of hydrogen-bond donors (Lipinski definition) is 6. The van der Waals surface area contributed by atoms with Crippen LogP contribution >= 0.6 is 0 Å². The van der Waals surface area contributed by atoms with Crippen LogP contribution in [0, 0.1) is 0 Å². The van der Waals surface area contributed by atoms with Crippen molar-refractivity contribution in [3.8, 4) is 17.2 Å². The fourth-order valence-corrected chi connectivity index (χ4v) is 3.66. The normalized spacial score (nSPS) is 23.8. The molecule has 5 atom stereocenters. The van der Waals surface area contributed by atoms with Crippen molar-refractivity contribution in [2.24, 2.45) is 0 Å². The van der Waals surface area contributed by atoms with Crippen LogP contribution in [-0.4, -0.2) is 73.7 Å². The van der Waals surface area contributed by atoms with Crippen molar-refractivity contribution in [3.63, 3.8) is 0 Å². The molecule has 3 rings (SSSR count). The highest BCUT2D eigenvalue weighted by Crippen LogP contribution is 2.27. The largest absolute Gasteiger partial charge is 0.508 e. The highest BCUT2D eigenvalue weighted by molar-refractivity contribution is 5.79. The van der Waals surface area contributed by atoms with Gasteiger partial charge >= 0.3 is 0 Å². The Morgan fingerprint density at radius 1 is 0.939 bits per heavy atom. The number of carbonyl (C=O) groups excluding carboxylic acids is 1. The Labute approximate surface area is 191 Å². The monoisotopic (exact) mass is 462 g/mol. The van der Waals surface area contributed by atoms with E-state index < -0.39 is 30.7 Å². The Morgan fingerprint density at radius 2 is 1.64 bits per heavy atom. The van der Waals surface area contributed by atoms with Gasteiger partial charge in [-0.05, 0) is 54.7 Å². The van der Waals surface area contributed by atoms with E-state index in [1.807, 2.05) is 0 Å². The minimum atomic E-state index is -1.47. The Bertz CT molecular complexity index is 915. The Morgan fingerprint density at radius 3 is 2.33 bits per heavy atom. The minimum absolute atomic E-state index is 0.0351. The van der Waals surface area contributed by atoms with E-state index in [1.165, 1.54) is 12.1 Å². The number of aliphatic hydroxyl groups excluding tert-OH is 3. The van der Waals surface area contributed by atoms with Crippen LogP contribution in [0.15, 0.2) is 42.5 Å². The van der Waals surface area contributed by atoms with Crippen molar-refractivity contribution >= 4 is 5.78 Å². The molecule has 1 heterocycles. The summed E-state index contributed by atoms with van der Waals surface area (Å²) < 4.78 is 11.1. The van der Waals surface area contributed by atoms with E-state index in [-0.39, 0.29) is 42.5 Å². The molecule has 0 bridgehead atoms. The zero-order chi connectivity index (χ0) is 24.0. The zero-order valence-electron chi connectivity index (χ0n) is 18.1. The van der Waals surface area contributed by atoms with E-state index in [1.54, 1.807) is 30.3 Å². The van der Waals surface area contributed by atoms with Crippen LogP contribution in [0.2, 0.25) is 0 Å². The molecule has 0 saturated carbocycles. The van der Waals surface area contributed by atoms with Gasteiger partial charge in [0.1, 0.15) is 29.8 Å². The predicted molar refractivity (Wildman–Crippen MR) is 117 cm³/mol. The van der Waals surface area contributed by atoms with Crippen molar-refractivity contribution in [2.75, 3.05) is 6.61 Å². The van der Waals surface area contributed by atoms with E-state index in [4.69, 9.17) is 9.47 Å². The lowest BCUT2D eigenvalue weighted by molar-refractivity contribution is -0.282. The van der Waals surface area contributed by atoms with E-state index in [2.05, 4.69) is 0 Å². The van der Waals surface area contributed by atoms with Crippen LogP contribution < -0.4 is 0 Å². The van der Waals surface area contributed by atoms with Gasteiger partial charge in [-0.3, -0.25) is 4.79 Å². The quantitative estimate of drug-likeness (QED) is 0.285. The summed E-state index contributed by atoms with van der Waals surface area (Å²) in [5, 5.41) is 58.3. The lowest BCUT2D eigenvalue weighted by atomic mass is 9.99. The Hall–Kier alpha value is -2.69. The fourth-order valence-electron chi connectivity index (χ4n) is 3.66. The van der Waals surface area contributed by atoms with Crippen LogP contribution in [0.1, 0.15) is 30.4 Å². The average molecular weight is 462 g/mol. The minimum Gasteiger partial charge on any atom is -0.508 e. The van der Waals surface area contributed by atoms with E-state index in [9.17, 15) is 35.4 Å². The number of phenols is 3. The fraction of sp³-hybridized carbons (Fsp3) is 0.458. The molecule has 0 amide bonds. The number of Topliss-reactive ketones (excluding diaryl/α,β-unsaturated/α-hetero) is 1. The maximum absolute atomic E-state index is 12.6. The molecule has 180 valence electrons. The molecular formula is C24H30O9. The number of aromatic hydroxyl groups is 3. The lowest BCUT2D eigenvalue weighted by Crippen LogP contribution is -2.54. The van der Waals surface area contributed by atoms with E-state index in [0.29, 0.717) is 19.3 Å². The molecule has 0 aliphatic carbocycles. The molecule has 33 heavy (non-hydrogen) atoms. The number of aryl methyl sites for hydroxylation is 2. The molecule has 2 aromatic carbocycles. The third-order valence-corrected chi connectivity index (χ3v) is 5.66. The highest BCUT2D eigenvalue weighted by atomic mass is 16.7. The first-order chi connectivity index (χ1) is 15.7. The standard InChI is InChI=1S/C24H30O9/c25-16-6-1-14(2-7-16)3-8-17(26)12-18(9-4-15-5-10-19(27)20(28)11-15)33-24-23(31)22(30)21(29)13-32-24/h1-2,5-7,10-11,18,21-25,27-31H,3-4,8-9,12-13H2/t18-,21-,22+,23-,24+/m1/s1. The first-order valence-electron chi connectivity index (χ1n) is 10.8. The maximum atomic E-state index is 12.6. The van der Waals surface area contributed by atoms with Gasteiger partial charge < -0.3 is 40.1 Å². The molecule has 0 unspecified atom stereocenters. The summed E-state index contributed by atoms with van der Waals surface area (Å²) in [7, 11) is 0. The van der Waals surface area contributed by atoms with Gasteiger partial charge in [0.05, 0.1) is 12.7 Å². The Balaban J connectivity index is 1.62. The van der Waals surface area contributed by atoms with Gasteiger partial charge in [-0.25, -0.2) is 0 Å². The van der Waals surface area contributed by atoms with Crippen LogP contribution in [0.4, 0.5) is 0 Å². The number of rotatable bonds is 10. The van der Waals surface area contributed by atoms with Gasteiger partial charge in [-0.1, -0.05) is 18.2 Å². The van der Waals surface area contributed by atoms with Crippen molar-refractivity contribution < 1.29 is 44.9 Å². The molecule has 1 aliphatic heterocycles. The summed E-state index contributed by atoms with van der Waals surface area (Å²) in [5.41, 5.74) is 1.62. The van der Waals surface area contributed by atoms with E-state index in [0.717, 1.165) is 11.1 Å². The summed E-state index contributed by atoms with van der Waals surface area (Å²) in [5.74, 6) is -0.412. The smallest absolute Gasteiger partial charge is 0.186 e. The number of benzene rings is 2. The molecule has 1 saturated heterocycles. The second-order valence-corrected chi connectivity index (χ2v) is 8.28. The third-order valence-electron chi connectivity index (χ3n) is 5.66. The SMILES string of the molecule is O=C(CCc1ccc(O)cc1)C[C@@H](CCc1ccc(O)c(O)c1)O[C@@H]1OC[C@@H](O)[C@H](O)[C@H]1O. The van der Waals surface area contributed by atoms with E-state index >= 15 is 0 Å². The molecule has 1 aliphatic rings. The summed E-state index contributed by atoms with van der Waals surface area (Å²) in [6.45, 7) is -0.212. The van der Waals surface area contributed by atoms with Gasteiger partial charge in [0.25, 0.3) is 0 Å². The van der Waals surface area contributed by atoms with Gasteiger partial charge in [-0.15, -0.1) is 0 Å². The topological polar surface area (TPSA) is 157 Å². The van der Waals surface area contributed by atoms with Gasteiger partial charge in [-0.2, -0.15) is 0 Å². The first-order valence-corrected chi connectivity index (χ1v) is 10.8. The number of ether oxygens (including phenoxy) is 2. The summed E-state index contributed by atoms with van der Waals surface area (Å²) >= 11 is 0. The number of hydrogen-bond acceptors (Lipinski definition) is 9.